The van der Waals surface area contributed by atoms with Gasteiger partial charge >= 0.3 is 0 Å². The monoisotopic (exact) mass is 311 g/mol. The summed E-state index contributed by atoms with van der Waals surface area (Å²) in [6.45, 7) is 5.19. The lowest BCUT2D eigenvalue weighted by atomic mass is 10.1. The Bertz CT molecular complexity index is 828. The Kier molecular flexibility index (Phi) is 4.82. The minimum absolute atomic E-state index is 0.556. The van der Waals surface area contributed by atoms with Crippen LogP contribution in [-0.2, 0) is 0 Å². The zero-order chi connectivity index (χ0) is 17.0. The lowest BCUT2D eigenvalue weighted by molar-refractivity contribution is 0.143. The molecule has 0 atom stereocenters. The fourth-order valence-corrected chi connectivity index (χ4v) is 2.02. The van der Waals surface area contributed by atoms with Gasteiger partial charge in [-0.05, 0) is 38.8 Å². The normalized spacial score (nSPS) is 13.0. The van der Waals surface area contributed by atoms with Gasteiger partial charge in [0.15, 0.2) is 0 Å². The Labute approximate surface area is 136 Å². The van der Waals surface area contributed by atoms with E-state index >= 15 is 0 Å². The number of guanidine groups is 1. The van der Waals surface area contributed by atoms with E-state index in [0.717, 1.165) is 16.7 Å². The quantitative estimate of drug-likeness (QED) is 0.441. The van der Waals surface area contributed by atoms with Crippen molar-refractivity contribution in [3.8, 4) is 11.8 Å². The molecular formula is C17H21N5O. The van der Waals surface area contributed by atoms with Crippen LogP contribution in [0.4, 0.5) is 0 Å². The standard InChI is InChI=1S/C17H21N5O/c1-12(21-16(18-4)19-5)22-9-7-13-11-20-14(10-15(13)22)6-8-17(2,3)23/h7,9-11,23H,1-5H3,(H,18,19)/b21-12+. The van der Waals surface area contributed by atoms with Gasteiger partial charge < -0.3 is 15.0 Å². The number of hydrogen-bond donors (Lipinski definition) is 2. The highest BCUT2D eigenvalue weighted by atomic mass is 16.3. The summed E-state index contributed by atoms with van der Waals surface area (Å²) in [4.78, 5) is 12.8. The van der Waals surface area contributed by atoms with Crippen molar-refractivity contribution in [1.29, 1.82) is 0 Å². The highest BCUT2D eigenvalue weighted by Crippen LogP contribution is 2.16. The van der Waals surface area contributed by atoms with Crippen molar-refractivity contribution in [2.45, 2.75) is 26.4 Å². The average molecular weight is 311 g/mol. The highest BCUT2D eigenvalue weighted by molar-refractivity contribution is 6.00. The number of hydrogen-bond acceptors (Lipinski definition) is 3. The molecule has 120 valence electrons. The van der Waals surface area contributed by atoms with Gasteiger partial charge in [0.2, 0.25) is 5.96 Å². The van der Waals surface area contributed by atoms with E-state index in [0.29, 0.717) is 11.7 Å². The Morgan fingerprint density at radius 2 is 2.17 bits per heavy atom. The van der Waals surface area contributed by atoms with E-state index in [-0.39, 0.29) is 0 Å². The maximum Gasteiger partial charge on any atom is 0.219 e. The van der Waals surface area contributed by atoms with E-state index in [1.165, 1.54) is 0 Å². The molecule has 0 unspecified atom stereocenters. The van der Waals surface area contributed by atoms with E-state index in [1.54, 1.807) is 34.1 Å². The van der Waals surface area contributed by atoms with E-state index in [1.807, 2.05) is 29.8 Å². The van der Waals surface area contributed by atoms with Gasteiger partial charge in [-0.2, -0.15) is 0 Å². The topological polar surface area (TPSA) is 74.8 Å². The zero-order valence-electron chi connectivity index (χ0n) is 14.0. The zero-order valence-corrected chi connectivity index (χ0v) is 14.0. The summed E-state index contributed by atoms with van der Waals surface area (Å²) in [6, 6.07) is 3.85. The van der Waals surface area contributed by atoms with E-state index in [9.17, 15) is 5.11 Å². The number of nitrogens with zero attached hydrogens (tertiary/aromatic N) is 4. The van der Waals surface area contributed by atoms with Crippen LogP contribution < -0.4 is 5.32 Å². The van der Waals surface area contributed by atoms with Gasteiger partial charge in [0.25, 0.3) is 0 Å². The summed E-state index contributed by atoms with van der Waals surface area (Å²) in [5.74, 6) is 7.00. The fourth-order valence-electron chi connectivity index (χ4n) is 2.02. The molecular weight excluding hydrogens is 290 g/mol. The third-order valence-electron chi connectivity index (χ3n) is 3.12. The highest BCUT2D eigenvalue weighted by Gasteiger charge is 2.08. The molecule has 2 rings (SSSR count). The van der Waals surface area contributed by atoms with Crippen LogP contribution in [0.15, 0.2) is 34.5 Å². The molecule has 0 aliphatic carbocycles. The molecule has 0 spiro atoms. The largest absolute Gasteiger partial charge is 0.378 e. The third-order valence-corrected chi connectivity index (χ3v) is 3.12. The summed E-state index contributed by atoms with van der Waals surface area (Å²) in [5.41, 5.74) is 0.508. The number of aliphatic imine (C=N–C) groups is 2. The van der Waals surface area contributed by atoms with Gasteiger partial charge in [-0.3, -0.25) is 4.99 Å². The first-order valence-corrected chi connectivity index (χ1v) is 7.27. The first-order chi connectivity index (χ1) is 10.8. The van der Waals surface area contributed by atoms with Crippen LogP contribution in [0.2, 0.25) is 0 Å². The minimum atomic E-state index is -1.05. The second-order valence-electron chi connectivity index (χ2n) is 5.58. The van der Waals surface area contributed by atoms with Crippen molar-refractivity contribution < 1.29 is 5.11 Å². The Hall–Kier alpha value is -2.65. The number of rotatable bonds is 0. The first-order valence-electron chi connectivity index (χ1n) is 7.27. The second-order valence-corrected chi connectivity index (χ2v) is 5.58. The maximum absolute atomic E-state index is 9.70. The van der Waals surface area contributed by atoms with Gasteiger partial charge in [0.1, 0.15) is 17.1 Å². The smallest absolute Gasteiger partial charge is 0.219 e. The molecule has 0 bridgehead atoms. The first kappa shape index (κ1) is 16.7. The lowest BCUT2D eigenvalue weighted by Crippen LogP contribution is -2.19. The van der Waals surface area contributed by atoms with Crippen molar-refractivity contribution in [3.63, 3.8) is 0 Å². The molecule has 23 heavy (non-hydrogen) atoms. The number of nitrogens with one attached hydrogen (secondary N) is 1. The molecule has 2 N–H and O–H groups in total. The molecule has 2 aromatic rings. The minimum Gasteiger partial charge on any atom is -0.378 e. The van der Waals surface area contributed by atoms with Crippen molar-refractivity contribution in [2.24, 2.45) is 9.98 Å². The van der Waals surface area contributed by atoms with Crippen LogP contribution in [0, 0.1) is 11.8 Å². The average Bonchev–Trinajstić information content (AvgIpc) is 2.93. The van der Waals surface area contributed by atoms with E-state index in [2.05, 4.69) is 32.1 Å². The van der Waals surface area contributed by atoms with Crippen molar-refractivity contribution in [1.82, 2.24) is 14.9 Å². The van der Waals surface area contributed by atoms with Crippen LogP contribution in [0.25, 0.3) is 10.9 Å². The molecule has 0 aliphatic rings. The molecule has 0 radical (unpaired) electrons. The maximum atomic E-state index is 9.70. The molecule has 0 aliphatic heterocycles. The van der Waals surface area contributed by atoms with Gasteiger partial charge in [0, 0.05) is 31.9 Å². The predicted molar refractivity (Wildman–Crippen MR) is 93.8 cm³/mol. The van der Waals surface area contributed by atoms with Gasteiger partial charge in [0.05, 0.1) is 5.52 Å². The molecule has 0 saturated carbocycles. The Morgan fingerprint density at radius 1 is 1.43 bits per heavy atom. The molecule has 0 fully saturated rings. The SMILES string of the molecule is CN=C(/N=C(\C)n1ccc2cnc(C#CC(C)(C)O)cc21)NC. The Balaban J connectivity index is 2.48. The summed E-state index contributed by atoms with van der Waals surface area (Å²) >= 11 is 0. The second kappa shape index (κ2) is 6.63. The Morgan fingerprint density at radius 3 is 2.78 bits per heavy atom. The molecule has 2 heterocycles. The lowest BCUT2D eigenvalue weighted by Gasteiger charge is -2.07. The molecule has 6 nitrogen and oxygen atoms in total. The van der Waals surface area contributed by atoms with Crippen molar-refractivity contribution in [2.75, 3.05) is 14.1 Å². The van der Waals surface area contributed by atoms with Crippen LogP contribution in [-0.4, -0.2) is 46.1 Å². The number of aliphatic hydroxyl groups is 1. The van der Waals surface area contributed by atoms with Crippen molar-refractivity contribution >= 4 is 22.7 Å². The number of aromatic nitrogens is 2. The summed E-state index contributed by atoms with van der Waals surface area (Å²) < 4.78 is 1.95. The van der Waals surface area contributed by atoms with Crippen LogP contribution in [0.3, 0.4) is 0 Å². The van der Waals surface area contributed by atoms with Crippen LogP contribution in [0.5, 0.6) is 0 Å². The molecule has 0 saturated heterocycles. The van der Waals surface area contributed by atoms with Crippen LogP contribution in [0.1, 0.15) is 26.5 Å². The van der Waals surface area contributed by atoms with E-state index in [4.69, 9.17) is 0 Å². The third kappa shape index (κ3) is 4.18. The summed E-state index contributed by atoms with van der Waals surface area (Å²) in [7, 11) is 3.46. The summed E-state index contributed by atoms with van der Waals surface area (Å²) in [5, 5.41) is 13.6. The van der Waals surface area contributed by atoms with Crippen LogP contribution >= 0.6 is 0 Å². The van der Waals surface area contributed by atoms with Crippen molar-refractivity contribution in [3.05, 3.63) is 30.2 Å². The van der Waals surface area contributed by atoms with Gasteiger partial charge in [-0.1, -0.05) is 5.92 Å². The summed E-state index contributed by atoms with van der Waals surface area (Å²) in [6.07, 6.45) is 3.70. The predicted octanol–water partition coefficient (Wildman–Crippen LogP) is 1.63. The van der Waals surface area contributed by atoms with E-state index < -0.39 is 5.60 Å². The fraction of sp³-hybridized carbons (Fsp3) is 0.353. The molecule has 0 aromatic carbocycles. The molecule has 6 heteroatoms. The number of pyridine rings is 1. The van der Waals surface area contributed by atoms with Gasteiger partial charge in [-0.15, -0.1) is 0 Å². The van der Waals surface area contributed by atoms with Gasteiger partial charge in [-0.25, -0.2) is 9.98 Å². The molecule has 0 amide bonds. The molecule has 2 aromatic heterocycles. The number of fused-ring (bicyclic) bond motifs is 1.